The Bertz CT molecular complexity index is 106. The summed E-state index contributed by atoms with van der Waals surface area (Å²) in [5.41, 5.74) is 0. The molecule has 1 aliphatic heterocycles. The molecular formula is C10H22N2. The van der Waals surface area contributed by atoms with Crippen molar-refractivity contribution in [2.24, 2.45) is 0 Å². The molecule has 1 fully saturated rings. The van der Waals surface area contributed by atoms with E-state index >= 15 is 0 Å². The number of nitrogens with zero attached hydrogens (tertiary/aromatic N) is 1. The number of likely N-dealkylation sites (tertiary alicyclic amines) is 1. The molecule has 0 aromatic carbocycles. The molecule has 12 heavy (non-hydrogen) atoms. The fourth-order valence-electron chi connectivity index (χ4n) is 1.83. The molecule has 0 spiro atoms. The molecule has 1 N–H and O–H groups in total. The monoisotopic (exact) mass is 170 g/mol. The van der Waals surface area contributed by atoms with Crippen molar-refractivity contribution in [1.29, 1.82) is 0 Å². The number of piperidine rings is 1. The highest BCUT2D eigenvalue weighted by molar-refractivity contribution is 4.75. The maximum Gasteiger partial charge on any atom is 0.00884 e. The first-order valence-electron chi connectivity index (χ1n) is 5.26. The van der Waals surface area contributed by atoms with Crippen LogP contribution in [0.25, 0.3) is 0 Å². The molecule has 1 saturated heterocycles. The van der Waals surface area contributed by atoms with E-state index < -0.39 is 0 Å². The largest absolute Gasteiger partial charge is 0.317 e. The van der Waals surface area contributed by atoms with Gasteiger partial charge in [0.25, 0.3) is 0 Å². The van der Waals surface area contributed by atoms with Crippen LogP contribution < -0.4 is 5.32 Å². The average Bonchev–Trinajstić information content (AvgIpc) is 2.15. The summed E-state index contributed by atoms with van der Waals surface area (Å²) in [6, 6.07) is 0.780. The molecule has 0 bridgehead atoms. The first-order chi connectivity index (χ1) is 5.86. The smallest absolute Gasteiger partial charge is 0.00884 e. The normalized spacial score (nSPS) is 21.5. The number of rotatable bonds is 4. The topological polar surface area (TPSA) is 15.3 Å². The predicted octanol–water partition coefficient (Wildman–Crippen LogP) is 1.47. The molecule has 2 heteroatoms. The van der Waals surface area contributed by atoms with Crippen LogP contribution in [0.4, 0.5) is 0 Å². The van der Waals surface area contributed by atoms with Crippen LogP contribution in [-0.4, -0.2) is 37.6 Å². The van der Waals surface area contributed by atoms with Crippen molar-refractivity contribution in [3.63, 3.8) is 0 Å². The summed E-state index contributed by atoms with van der Waals surface area (Å²) in [6.07, 6.45) is 5.36. The summed E-state index contributed by atoms with van der Waals surface area (Å²) in [6.45, 7) is 6.17. The van der Waals surface area contributed by atoms with Gasteiger partial charge in [0.05, 0.1) is 0 Å². The van der Waals surface area contributed by atoms with Crippen molar-refractivity contribution < 1.29 is 0 Å². The van der Waals surface area contributed by atoms with Crippen LogP contribution in [0.5, 0.6) is 0 Å². The molecule has 2 nitrogen and oxygen atoms in total. The third-order valence-electron chi connectivity index (χ3n) is 2.82. The zero-order valence-corrected chi connectivity index (χ0v) is 8.47. The van der Waals surface area contributed by atoms with Crippen LogP contribution >= 0.6 is 0 Å². The van der Waals surface area contributed by atoms with Crippen LogP contribution in [0.3, 0.4) is 0 Å². The van der Waals surface area contributed by atoms with Gasteiger partial charge in [0, 0.05) is 6.04 Å². The van der Waals surface area contributed by atoms with Gasteiger partial charge in [-0.1, -0.05) is 13.3 Å². The molecule has 0 amide bonds. The standard InChI is InChI=1S/C10H22N2/c1-3-4-7-12-8-5-10(11-2)6-9-12/h10-11H,3-9H2,1-2H3. The molecule has 0 radical (unpaired) electrons. The molecule has 0 unspecified atom stereocenters. The average molecular weight is 170 g/mol. The second-order valence-electron chi connectivity index (χ2n) is 3.76. The lowest BCUT2D eigenvalue weighted by Gasteiger charge is -2.31. The van der Waals surface area contributed by atoms with E-state index in [9.17, 15) is 0 Å². The maximum atomic E-state index is 3.35. The van der Waals surface area contributed by atoms with Gasteiger partial charge < -0.3 is 10.2 Å². The minimum absolute atomic E-state index is 0.780. The van der Waals surface area contributed by atoms with Crippen molar-refractivity contribution in [3.8, 4) is 0 Å². The Labute approximate surface area is 76.3 Å². The number of nitrogens with one attached hydrogen (secondary N) is 1. The summed E-state index contributed by atoms with van der Waals surface area (Å²) in [5, 5.41) is 3.35. The Kier molecular flexibility index (Phi) is 4.62. The van der Waals surface area contributed by atoms with E-state index in [1.165, 1.54) is 45.3 Å². The fourth-order valence-corrected chi connectivity index (χ4v) is 1.83. The second kappa shape index (κ2) is 5.55. The number of hydrogen-bond acceptors (Lipinski definition) is 2. The quantitative estimate of drug-likeness (QED) is 0.687. The van der Waals surface area contributed by atoms with Gasteiger partial charge >= 0.3 is 0 Å². The highest BCUT2D eigenvalue weighted by atomic mass is 15.1. The Hall–Kier alpha value is -0.0800. The number of unbranched alkanes of at least 4 members (excludes halogenated alkanes) is 1. The van der Waals surface area contributed by atoms with E-state index in [-0.39, 0.29) is 0 Å². The molecule has 72 valence electrons. The Balaban J connectivity index is 2.09. The van der Waals surface area contributed by atoms with Crippen LogP contribution in [-0.2, 0) is 0 Å². The summed E-state index contributed by atoms with van der Waals surface area (Å²) in [7, 11) is 2.08. The Morgan fingerprint density at radius 2 is 2.00 bits per heavy atom. The van der Waals surface area contributed by atoms with Gasteiger partial charge in [0.2, 0.25) is 0 Å². The highest BCUT2D eigenvalue weighted by Crippen LogP contribution is 2.10. The summed E-state index contributed by atoms with van der Waals surface area (Å²) in [5.74, 6) is 0. The van der Waals surface area contributed by atoms with E-state index in [1.54, 1.807) is 0 Å². The van der Waals surface area contributed by atoms with Crippen molar-refractivity contribution in [1.82, 2.24) is 10.2 Å². The van der Waals surface area contributed by atoms with Gasteiger partial charge in [0.15, 0.2) is 0 Å². The van der Waals surface area contributed by atoms with Gasteiger partial charge in [0.1, 0.15) is 0 Å². The fraction of sp³-hybridized carbons (Fsp3) is 1.00. The van der Waals surface area contributed by atoms with Crippen LogP contribution in [0.2, 0.25) is 0 Å². The zero-order valence-electron chi connectivity index (χ0n) is 8.47. The first-order valence-corrected chi connectivity index (χ1v) is 5.26. The second-order valence-corrected chi connectivity index (χ2v) is 3.76. The summed E-state index contributed by atoms with van der Waals surface area (Å²) in [4.78, 5) is 2.59. The third kappa shape index (κ3) is 3.11. The number of hydrogen-bond donors (Lipinski definition) is 1. The summed E-state index contributed by atoms with van der Waals surface area (Å²) >= 11 is 0. The van der Waals surface area contributed by atoms with Crippen LogP contribution in [0.1, 0.15) is 32.6 Å². The molecule has 1 aliphatic rings. The lowest BCUT2D eigenvalue weighted by atomic mass is 10.1. The van der Waals surface area contributed by atoms with Gasteiger partial charge in [-0.25, -0.2) is 0 Å². The zero-order chi connectivity index (χ0) is 8.81. The maximum absolute atomic E-state index is 3.35. The molecule has 0 saturated carbocycles. The lowest BCUT2D eigenvalue weighted by Crippen LogP contribution is -2.41. The molecular weight excluding hydrogens is 148 g/mol. The molecule has 1 rings (SSSR count). The minimum Gasteiger partial charge on any atom is -0.317 e. The SMILES string of the molecule is CCCCN1CCC(NC)CC1. The van der Waals surface area contributed by atoms with Gasteiger partial charge in [-0.15, -0.1) is 0 Å². The van der Waals surface area contributed by atoms with Crippen molar-refractivity contribution in [2.45, 2.75) is 38.6 Å². The van der Waals surface area contributed by atoms with E-state index in [0.29, 0.717) is 0 Å². The predicted molar refractivity (Wildman–Crippen MR) is 53.4 cm³/mol. The van der Waals surface area contributed by atoms with Crippen molar-refractivity contribution >= 4 is 0 Å². The van der Waals surface area contributed by atoms with Gasteiger partial charge in [-0.3, -0.25) is 0 Å². The lowest BCUT2D eigenvalue weighted by molar-refractivity contribution is 0.199. The Morgan fingerprint density at radius 1 is 1.33 bits per heavy atom. The van der Waals surface area contributed by atoms with E-state index in [1.807, 2.05) is 0 Å². The van der Waals surface area contributed by atoms with Gasteiger partial charge in [-0.05, 0) is 45.9 Å². The van der Waals surface area contributed by atoms with Gasteiger partial charge in [-0.2, -0.15) is 0 Å². The van der Waals surface area contributed by atoms with E-state index in [2.05, 4.69) is 24.2 Å². The third-order valence-corrected chi connectivity index (χ3v) is 2.82. The van der Waals surface area contributed by atoms with Crippen molar-refractivity contribution in [3.05, 3.63) is 0 Å². The van der Waals surface area contributed by atoms with Crippen molar-refractivity contribution in [2.75, 3.05) is 26.7 Å². The summed E-state index contributed by atoms with van der Waals surface area (Å²) < 4.78 is 0. The molecule has 1 heterocycles. The minimum atomic E-state index is 0.780. The van der Waals surface area contributed by atoms with Crippen LogP contribution in [0.15, 0.2) is 0 Å². The highest BCUT2D eigenvalue weighted by Gasteiger charge is 2.16. The van der Waals surface area contributed by atoms with E-state index in [0.717, 1.165) is 6.04 Å². The molecule has 0 aromatic heterocycles. The Morgan fingerprint density at radius 3 is 2.50 bits per heavy atom. The first kappa shape index (κ1) is 10.0. The molecule has 0 aromatic rings. The molecule has 0 aliphatic carbocycles. The molecule has 0 atom stereocenters. The van der Waals surface area contributed by atoms with E-state index in [4.69, 9.17) is 0 Å². The van der Waals surface area contributed by atoms with Crippen LogP contribution in [0, 0.1) is 0 Å².